The van der Waals surface area contributed by atoms with Gasteiger partial charge in [-0.25, -0.2) is 4.39 Å². The van der Waals surface area contributed by atoms with E-state index >= 15 is 0 Å². The van der Waals surface area contributed by atoms with Gasteiger partial charge in [0.05, 0.1) is 5.69 Å². The Kier molecular flexibility index (Phi) is 4.04. The van der Waals surface area contributed by atoms with Crippen molar-refractivity contribution in [2.75, 3.05) is 6.54 Å². The Morgan fingerprint density at radius 1 is 1.39 bits per heavy atom. The van der Waals surface area contributed by atoms with E-state index in [0.717, 1.165) is 22.7 Å². The van der Waals surface area contributed by atoms with Gasteiger partial charge in [-0.15, -0.1) is 0 Å². The third-order valence-corrected chi connectivity index (χ3v) is 3.98. The SMILES string of the molecule is Cc1nn(C)c(Sc2ccccc2F)c1CCN. The number of aromatic nitrogens is 2. The lowest BCUT2D eigenvalue weighted by Gasteiger charge is -2.06. The molecule has 0 aliphatic carbocycles. The van der Waals surface area contributed by atoms with E-state index in [1.165, 1.54) is 17.8 Å². The third-order valence-electron chi connectivity index (χ3n) is 2.73. The van der Waals surface area contributed by atoms with Crippen LogP contribution in [0.2, 0.25) is 0 Å². The molecular weight excluding hydrogens is 249 g/mol. The summed E-state index contributed by atoms with van der Waals surface area (Å²) < 4.78 is 15.4. The van der Waals surface area contributed by atoms with Gasteiger partial charge in [0.2, 0.25) is 0 Å². The largest absolute Gasteiger partial charge is 0.330 e. The molecule has 0 unspecified atom stereocenters. The van der Waals surface area contributed by atoms with Crippen LogP contribution in [0.15, 0.2) is 34.2 Å². The van der Waals surface area contributed by atoms with Crippen molar-refractivity contribution in [3.63, 3.8) is 0 Å². The van der Waals surface area contributed by atoms with Crippen LogP contribution in [0.3, 0.4) is 0 Å². The van der Waals surface area contributed by atoms with Crippen molar-refractivity contribution in [2.45, 2.75) is 23.3 Å². The first-order chi connectivity index (χ1) is 8.63. The lowest BCUT2D eigenvalue weighted by Crippen LogP contribution is -2.04. The summed E-state index contributed by atoms with van der Waals surface area (Å²) in [6.07, 6.45) is 0.760. The van der Waals surface area contributed by atoms with Gasteiger partial charge in [-0.2, -0.15) is 5.10 Å². The molecule has 2 aromatic rings. The number of benzene rings is 1. The topological polar surface area (TPSA) is 43.8 Å². The van der Waals surface area contributed by atoms with Gasteiger partial charge in [0.15, 0.2) is 0 Å². The molecule has 0 fully saturated rings. The number of rotatable bonds is 4. The van der Waals surface area contributed by atoms with Gasteiger partial charge in [0.25, 0.3) is 0 Å². The molecule has 5 heteroatoms. The van der Waals surface area contributed by atoms with Crippen LogP contribution in [-0.2, 0) is 13.5 Å². The highest BCUT2D eigenvalue weighted by Gasteiger charge is 2.15. The molecule has 0 amide bonds. The Morgan fingerprint density at radius 3 is 2.78 bits per heavy atom. The smallest absolute Gasteiger partial charge is 0.137 e. The zero-order valence-corrected chi connectivity index (χ0v) is 11.3. The molecule has 1 aromatic carbocycles. The summed E-state index contributed by atoms with van der Waals surface area (Å²) in [5, 5.41) is 5.33. The molecule has 1 heterocycles. The summed E-state index contributed by atoms with van der Waals surface area (Å²) in [7, 11) is 1.87. The van der Waals surface area contributed by atoms with Crippen LogP contribution < -0.4 is 5.73 Å². The van der Waals surface area contributed by atoms with Gasteiger partial charge in [-0.1, -0.05) is 23.9 Å². The Morgan fingerprint density at radius 2 is 2.11 bits per heavy atom. The molecule has 0 saturated carbocycles. The first kappa shape index (κ1) is 13.1. The Balaban J connectivity index is 2.37. The van der Waals surface area contributed by atoms with E-state index in [1.807, 2.05) is 20.0 Å². The predicted molar refractivity (Wildman–Crippen MR) is 71.2 cm³/mol. The molecule has 0 bridgehead atoms. The minimum Gasteiger partial charge on any atom is -0.330 e. The molecule has 2 N–H and O–H groups in total. The van der Waals surface area contributed by atoms with Gasteiger partial charge in [0, 0.05) is 17.5 Å². The minimum absolute atomic E-state index is 0.208. The van der Waals surface area contributed by atoms with Crippen molar-refractivity contribution in [1.29, 1.82) is 0 Å². The zero-order valence-electron chi connectivity index (χ0n) is 10.5. The maximum absolute atomic E-state index is 13.7. The molecule has 96 valence electrons. The van der Waals surface area contributed by atoms with Crippen molar-refractivity contribution in [3.8, 4) is 0 Å². The lowest BCUT2D eigenvalue weighted by atomic mass is 10.2. The second-order valence-corrected chi connectivity index (χ2v) is 5.09. The standard InChI is InChI=1S/C13H16FN3S/c1-9-10(7-8-15)13(17(2)16-9)18-12-6-4-3-5-11(12)14/h3-6H,7-8,15H2,1-2H3. The molecule has 0 atom stereocenters. The fourth-order valence-corrected chi connectivity index (χ4v) is 2.94. The fraction of sp³-hybridized carbons (Fsp3) is 0.308. The summed E-state index contributed by atoms with van der Waals surface area (Å²) in [4.78, 5) is 0.610. The van der Waals surface area contributed by atoms with Crippen LogP contribution in [-0.4, -0.2) is 16.3 Å². The van der Waals surface area contributed by atoms with Crippen LogP contribution in [0.1, 0.15) is 11.3 Å². The number of aryl methyl sites for hydroxylation is 2. The van der Waals surface area contributed by atoms with E-state index in [2.05, 4.69) is 5.10 Å². The fourth-order valence-electron chi connectivity index (χ4n) is 1.87. The zero-order chi connectivity index (χ0) is 13.1. The number of hydrogen-bond acceptors (Lipinski definition) is 3. The normalized spacial score (nSPS) is 10.9. The second kappa shape index (κ2) is 5.54. The molecule has 0 saturated heterocycles. The number of nitrogens with zero attached hydrogens (tertiary/aromatic N) is 2. The maximum Gasteiger partial charge on any atom is 0.137 e. The first-order valence-electron chi connectivity index (χ1n) is 5.78. The Labute approximate surface area is 110 Å². The van der Waals surface area contributed by atoms with E-state index in [4.69, 9.17) is 5.73 Å². The van der Waals surface area contributed by atoms with E-state index in [0.29, 0.717) is 11.4 Å². The molecule has 18 heavy (non-hydrogen) atoms. The molecular formula is C13H16FN3S. The van der Waals surface area contributed by atoms with Crippen LogP contribution >= 0.6 is 11.8 Å². The van der Waals surface area contributed by atoms with Crippen molar-refractivity contribution in [2.24, 2.45) is 12.8 Å². The predicted octanol–water partition coefficient (Wildman–Crippen LogP) is 2.52. The number of nitrogens with two attached hydrogens (primary N) is 1. The van der Waals surface area contributed by atoms with Crippen molar-refractivity contribution in [1.82, 2.24) is 9.78 Å². The van der Waals surface area contributed by atoms with Crippen LogP contribution in [0.5, 0.6) is 0 Å². The van der Waals surface area contributed by atoms with Gasteiger partial charge >= 0.3 is 0 Å². The first-order valence-corrected chi connectivity index (χ1v) is 6.60. The number of halogens is 1. The van der Waals surface area contributed by atoms with E-state index in [1.54, 1.807) is 16.8 Å². The highest BCUT2D eigenvalue weighted by atomic mass is 32.2. The van der Waals surface area contributed by atoms with E-state index in [9.17, 15) is 4.39 Å². The Bertz CT molecular complexity index is 551. The van der Waals surface area contributed by atoms with E-state index in [-0.39, 0.29) is 5.82 Å². The third kappa shape index (κ3) is 2.57. The molecule has 1 aromatic heterocycles. The Hall–Kier alpha value is -1.33. The van der Waals surface area contributed by atoms with Crippen LogP contribution in [0.25, 0.3) is 0 Å². The average Bonchev–Trinajstić information content (AvgIpc) is 2.59. The summed E-state index contributed by atoms with van der Waals surface area (Å²) in [6, 6.07) is 6.76. The van der Waals surface area contributed by atoms with Gasteiger partial charge in [-0.05, 0) is 32.0 Å². The van der Waals surface area contributed by atoms with Crippen LogP contribution in [0.4, 0.5) is 4.39 Å². The molecule has 0 radical (unpaired) electrons. The van der Waals surface area contributed by atoms with Crippen molar-refractivity contribution < 1.29 is 4.39 Å². The minimum atomic E-state index is -0.208. The van der Waals surface area contributed by atoms with Crippen molar-refractivity contribution in [3.05, 3.63) is 41.3 Å². The second-order valence-electron chi connectivity index (χ2n) is 4.06. The molecule has 3 nitrogen and oxygen atoms in total. The molecule has 0 aliphatic heterocycles. The highest BCUT2D eigenvalue weighted by molar-refractivity contribution is 7.99. The summed E-state index contributed by atoms with van der Waals surface area (Å²) >= 11 is 1.40. The number of hydrogen-bond donors (Lipinski definition) is 1. The lowest BCUT2D eigenvalue weighted by molar-refractivity contribution is 0.601. The van der Waals surface area contributed by atoms with Crippen LogP contribution in [0, 0.1) is 12.7 Å². The summed E-state index contributed by atoms with van der Waals surface area (Å²) in [5.74, 6) is -0.208. The quantitative estimate of drug-likeness (QED) is 0.923. The maximum atomic E-state index is 13.7. The highest BCUT2D eigenvalue weighted by Crippen LogP contribution is 2.33. The molecule has 0 aliphatic rings. The van der Waals surface area contributed by atoms with Gasteiger partial charge in [0.1, 0.15) is 10.8 Å². The average molecular weight is 265 g/mol. The summed E-state index contributed by atoms with van der Waals surface area (Å²) in [5.41, 5.74) is 7.68. The molecule has 0 spiro atoms. The monoisotopic (exact) mass is 265 g/mol. The molecule has 2 rings (SSSR count). The van der Waals surface area contributed by atoms with Gasteiger partial charge < -0.3 is 5.73 Å². The summed E-state index contributed by atoms with van der Waals surface area (Å²) in [6.45, 7) is 2.52. The van der Waals surface area contributed by atoms with E-state index < -0.39 is 0 Å². The van der Waals surface area contributed by atoms with Gasteiger partial charge in [-0.3, -0.25) is 4.68 Å². The van der Waals surface area contributed by atoms with Crippen molar-refractivity contribution >= 4 is 11.8 Å².